The average molecular weight is 469 g/mol. The number of fused-ring (bicyclic) bond motifs is 2. The summed E-state index contributed by atoms with van der Waals surface area (Å²) in [6, 6.07) is 14.2. The highest BCUT2D eigenvalue weighted by atomic mass is 35.5. The summed E-state index contributed by atoms with van der Waals surface area (Å²) in [5.74, 6) is -2.21. The van der Waals surface area contributed by atoms with Gasteiger partial charge in [-0.05, 0) is 51.0 Å². The van der Waals surface area contributed by atoms with Crippen molar-refractivity contribution in [2.75, 3.05) is 18.0 Å². The number of carbonyl (C=O) groups is 4. The summed E-state index contributed by atoms with van der Waals surface area (Å²) in [6.45, 7) is 5.00. The molecule has 1 fully saturated rings. The summed E-state index contributed by atoms with van der Waals surface area (Å²) in [7, 11) is 0. The van der Waals surface area contributed by atoms with Crippen LogP contribution in [0.25, 0.3) is 0 Å². The van der Waals surface area contributed by atoms with Crippen LogP contribution in [0.1, 0.15) is 38.3 Å². The zero-order valence-corrected chi connectivity index (χ0v) is 19.5. The second-order valence-corrected chi connectivity index (χ2v) is 9.74. The third-order valence-electron chi connectivity index (χ3n) is 5.82. The molecule has 2 aromatic carbocycles. The first-order valence-corrected chi connectivity index (χ1v) is 11.1. The van der Waals surface area contributed by atoms with Gasteiger partial charge in [-0.1, -0.05) is 41.9 Å². The molecule has 0 aliphatic carbocycles. The molecule has 1 unspecified atom stereocenters. The smallest absolute Gasteiger partial charge is 0.326 e. The molecular weight excluding hydrogens is 444 g/mol. The van der Waals surface area contributed by atoms with Crippen LogP contribution in [0.2, 0.25) is 5.02 Å². The summed E-state index contributed by atoms with van der Waals surface area (Å²) in [4.78, 5) is 55.1. The minimum Gasteiger partial charge on any atom is -0.459 e. The van der Waals surface area contributed by atoms with E-state index >= 15 is 0 Å². The van der Waals surface area contributed by atoms with Gasteiger partial charge in [-0.25, -0.2) is 0 Å². The van der Waals surface area contributed by atoms with Crippen molar-refractivity contribution in [3.63, 3.8) is 0 Å². The Morgan fingerprint density at radius 3 is 2.36 bits per heavy atom. The highest BCUT2D eigenvalue weighted by Crippen LogP contribution is 2.49. The lowest BCUT2D eigenvalue weighted by atomic mass is 9.80. The van der Waals surface area contributed by atoms with Gasteiger partial charge < -0.3 is 4.74 Å². The first-order valence-electron chi connectivity index (χ1n) is 10.8. The van der Waals surface area contributed by atoms with Gasteiger partial charge in [-0.15, -0.1) is 0 Å². The monoisotopic (exact) mass is 468 g/mol. The molecule has 2 heterocycles. The van der Waals surface area contributed by atoms with Crippen molar-refractivity contribution >= 4 is 41.0 Å². The molecule has 1 spiro atoms. The average Bonchev–Trinajstić information content (AvgIpc) is 3.12. The van der Waals surface area contributed by atoms with Crippen LogP contribution in [0.5, 0.6) is 0 Å². The maximum Gasteiger partial charge on any atom is 0.326 e. The Labute approximate surface area is 197 Å². The Kier molecular flexibility index (Phi) is 5.78. The summed E-state index contributed by atoms with van der Waals surface area (Å²) in [6.07, 6.45) is 0.185. The van der Waals surface area contributed by atoms with Gasteiger partial charge in [-0.3, -0.25) is 29.0 Å². The van der Waals surface area contributed by atoms with Crippen LogP contribution < -0.4 is 4.90 Å². The van der Waals surface area contributed by atoms with Gasteiger partial charge in [0.05, 0.1) is 6.42 Å². The van der Waals surface area contributed by atoms with E-state index in [0.717, 1.165) is 10.5 Å². The number of rotatable bonds is 5. The number of ether oxygens (including phenoxy) is 1. The molecule has 172 valence electrons. The number of nitrogens with zero attached hydrogens (tertiary/aromatic N) is 2. The van der Waals surface area contributed by atoms with E-state index < -0.39 is 34.7 Å². The lowest BCUT2D eigenvalue weighted by Gasteiger charge is -2.24. The fraction of sp³-hybridized carbons (Fsp3) is 0.360. The van der Waals surface area contributed by atoms with Crippen molar-refractivity contribution in [1.82, 2.24) is 4.90 Å². The van der Waals surface area contributed by atoms with E-state index in [1.165, 1.54) is 11.0 Å². The van der Waals surface area contributed by atoms with Gasteiger partial charge in [0.15, 0.2) is 5.41 Å². The van der Waals surface area contributed by atoms with Gasteiger partial charge in [0.1, 0.15) is 12.1 Å². The number of carbonyl (C=O) groups excluding carboxylic acids is 4. The van der Waals surface area contributed by atoms with E-state index in [9.17, 15) is 19.2 Å². The number of anilines is 1. The highest BCUT2D eigenvalue weighted by Gasteiger charge is 2.63. The first-order chi connectivity index (χ1) is 15.5. The van der Waals surface area contributed by atoms with Crippen molar-refractivity contribution in [3.05, 3.63) is 64.7 Å². The van der Waals surface area contributed by atoms with Gasteiger partial charge in [0, 0.05) is 22.8 Å². The number of amides is 3. The fourth-order valence-corrected chi connectivity index (χ4v) is 4.60. The number of imide groups is 1. The maximum absolute atomic E-state index is 13.7. The molecule has 0 aromatic heterocycles. The molecule has 3 amide bonds. The molecule has 4 rings (SSSR count). The van der Waals surface area contributed by atoms with Gasteiger partial charge in [0.25, 0.3) is 0 Å². The topological polar surface area (TPSA) is 84.0 Å². The van der Waals surface area contributed by atoms with Crippen LogP contribution in [0, 0.1) is 0 Å². The lowest BCUT2D eigenvalue weighted by Crippen LogP contribution is -2.48. The Bertz CT molecular complexity index is 1140. The molecule has 33 heavy (non-hydrogen) atoms. The number of likely N-dealkylation sites (tertiary alicyclic amines) is 1. The summed E-state index contributed by atoms with van der Waals surface area (Å²) < 4.78 is 5.37. The highest BCUT2D eigenvalue weighted by molar-refractivity contribution is 6.32. The summed E-state index contributed by atoms with van der Waals surface area (Å²) in [5, 5.41) is 0.336. The summed E-state index contributed by atoms with van der Waals surface area (Å²) >= 11 is 6.20. The molecule has 1 saturated heterocycles. The van der Waals surface area contributed by atoms with Gasteiger partial charge in [0.2, 0.25) is 17.7 Å². The second-order valence-electron chi connectivity index (χ2n) is 9.31. The molecule has 0 radical (unpaired) electrons. The van der Waals surface area contributed by atoms with Crippen molar-refractivity contribution in [2.24, 2.45) is 0 Å². The Morgan fingerprint density at radius 2 is 1.70 bits per heavy atom. The van der Waals surface area contributed by atoms with E-state index in [1.807, 2.05) is 30.3 Å². The largest absolute Gasteiger partial charge is 0.459 e. The minimum atomic E-state index is -1.71. The van der Waals surface area contributed by atoms with Crippen LogP contribution in [-0.2, 0) is 35.8 Å². The van der Waals surface area contributed by atoms with Crippen LogP contribution in [0.3, 0.4) is 0 Å². The van der Waals surface area contributed by atoms with Crippen molar-refractivity contribution in [1.29, 1.82) is 0 Å². The summed E-state index contributed by atoms with van der Waals surface area (Å²) in [5.41, 5.74) is -0.721. The number of benzene rings is 2. The van der Waals surface area contributed by atoms with E-state index in [1.54, 1.807) is 32.9 Å². The molecule has 1 atom stereocenters. The number of hydrogen-bond donors (Lipinski definition) is 0. The predicted molar refractivity (Wildman–Crippen MR) is 123 cm³/mol. The van der Waals surface area contributed by atoms with E-state index in [4.69, 9.17) is 16.3 Å². The lowest BCUT2D eigenvalue weighted by molar-refractivity contribution is -0.154. The second kappa shape index (κ2) is 8.30. The predicted octanol–water partition coefficient (Wildman–Crippen LogP) is 3.27. The third-order valence-corrected chi connectivity index (χ3v) is 6.06. The zero-order valence-electron chi connectivity index (χ0n) is 18.8. The normalized spacial score (nSPS) is 20.1. The molecule has 2 aliphatic heterocycles. The Morgan fingerprint density at radius 1 is 1.03 bits per heavy atom. The Hall–Kier alpha value is -3.19. The molecule has 7 nitrogen and oxygen atoms in total. The van der Waals surface area contributed by atoms with Gasteiger partial charge in [-0.2, -0.15) is 0 Å². The van der Waals surface area contributed by atoms with Crippen molar-refractivity contribution in [3.8, 4) is 0 Å². The zero-order chi connectivity index (χ0) is 24.0. The number of esters is 1. The number of hydrogen-bond acceptors (Lipinski definition) is 5. The van der Waals surface area contributed by atoms with E-state index in [2.05, 4.69) is 0 Å². The van der Waals surface area contributed by atoms with Gasteiger partial charge >= 0.3 is 5.97 Å². The minimum absolute atomic E-state index is 0.165. The number of halogens is 1. The van der Waals surface area contributed by atoms with Crippen molar-refractivity contribution < 1.29 is 23.9 Å². The van der Waals surface area contributed by atoms with E-state index in [-0.39, 0.29) is 19.5 Å². The maximum atomic E-state index is 13.7. The first kappa shape index (κ1) is 23.0. The third kappa shape index (κ3) is 4.13. The molecule has 8 heteroatoms. The molecular formula is C25H25ClN2O5. The van der Waals surface area contributed by atoms with Crippen molar-refractivity contribution in [2.45, 2.75) is 44.6 Å². The molecule has 2 aromatic rings. The molecule has 0 bridgehead atoms. The molecule has 2 aliphatic rings. The SMILES string of the molecule is CC(C)(C)OC(=O)CN1C(=O)C2(CC(=O)N(CCc3ccccc3)C2=O)c2cc(Cl)ccc21. The quantitative estimate of drug-likeness (QED) is 0.382. The van der Waals surface area contributed by atoms with Crippen LogP contribution in [0.4, 0.5) is 5.69 Å². The van der Waals surface area contributed by atoms with Crippen LogP contribution >= 0.6 is 11.6 Å². The molecule has 0 saturated carbocycles. The standard InChI is InChI=1S/C25H25ClN2O5/c1-24(2,3)33-21(30)15-28-19-10-9-17(26)13-18(19)25(23(28)32)14-20(29)27(22(25)31)12-11-16-7-5-4-6-8-16/h4-10,13H,11-12,14-15H2,1-3H3. The Balaban J connectivity index is 1.66. The van der Waals surface area contributed by atoms with E-state index in [0.29, 0.717) is 22.7 Å². The fourth-order valence-electron chi connectivity index (χ4n) is 4.43. The van der Waals surface area contributed by atoms with Crippen LogP contribution in [-0.4, -0.2) is 47.3 Å². The van der Waals surface area contributed by atoms with Crippen LogP contribution in [0.15, 0.2) is 48.5 Å². The molecule has 0 N–H and O–H groups in total.